The van der Waals surface area contributed by atoms with E-state index in [-0.39, 0.29) is 24.8 Å². The van der Waals surface area contributed by atoms with E-state index in [4.69, 9.17) is 0 Å². The van der Waals surface area contributed by atoms with Gasteiger partial charge < -0.3 is 24.2 Å². The molecule has 5 aliphatic carbocycles. The quantitative estimate of drug-likeness (QED) is 0.0942. The van der Waals surface area contributed by atoms with Crippen molar-refractivity contribution in [3.8, 4) is 5.69 Å². The first-order valence-electron chi connectivity index (χ1n) is 32.4. The Balaban J connectivity index is 0.890. The number of anilines is 6. The zero-order chi connectivity index (χ0) is 57.4. The lowest BCUT2D eigenvalue weighted by molar-refractivity contribution is 0.304. The van der Waals surface area contributed by atoms with Crippen LogP contribution in [0.2, 0.25) is 11.6 Å². The minimum absolute atomic E-state index is 0.167. The van der Waals surface area contributed by atoms with Gasteiger partial charge in [-0.1, -0.05) is 180 Å². The molecule has 9 aromatic rings. The summed E-state index contributed by atoms with van der Waals surface area (Å²) in [5.41, 5.74) is 18.9. The zero-order valence-corrected chi connectivity index (χ0v) is 51.0. The van der Waals surface area contributed by atoms with Crippen LogP contribution in [0.3, 0.4) is 0 Å². The molecule has 1 radical (unpaired) electrons. The monoisotopic (exact) mass is 1160 g/mol. The highest BCUT2D eigenvalue weighted by Crippen LogP contribution is 2.56. The van der Waals surface area contributed by atoms with Crippen LogP contribution in [-0.2, 0) is 0 Å². The lowest BCUT2D eigenvalue weighted by Crippen LogP contribution is -2.71. The fourth-order valence-corrected chi connectivity index (χ4v) is 20.3. The van der Waals surface area contributed by atoms with Crippen LogP contribution >= 0.6 is 23.5 Å². The summed E-state index contributed by atoms with van der Waals surface area (Å²) in [6.45, 7) is 0.204. The summed E-state index contributed by atoms with van der Waals surface area (Å²) < 4.78 is 2.53. The topological polar surface area (TPSA) is 17.9 Å². The minimum atomic E-state index is 0.167. The zero-order valence-electron chi connectivity index (χ0n) is 49.4. The second-order valence-electron chi connectivity index (χ2n) is 25.5. The smallest absolute Gasteiger partial charge is 0.221 e. The van der Waals surface area contributed by atoms with E-state index >= 15 is 0 Å². The molecule has 5 nitrogen and oxygen atoms in total. The average Bonchev–Trinajstić information content (AvgIpc) is 1.39. The van der Waals surface area contributed by atoms with Crippen molar-refractivity contribution in [2.45, 2.75) is 127 Å². The van der Waals surface area contributed by atoms with Crippen molar-refractivity contribution in [1.82, 2.24) is 4.57 Å². The molecule has 3 aliphatic heterocycles. The van der Waals surface area contributed by atoms with Crippen LogP contribution in [-0.4, -0.2) is 58.5 Å². The highest BCUT2D eigenvalue weighted by Gasteiger charge is 2.58. The molecule has 9 heteroatoms. The molecule has 427 valence electrons. The largest absolute Gasteiger partial charge is 0.365 e. The molecule has 1 saturated carbocycles. The van der Waals surface area contributed by atoms with Crippen molar-refractivity contribution < 1.29 is 0 Å². The Hall–Kier alpha value is -7.71. The van der Waals surface area contributed by atoms with E-state index in [2.05, 4.69) is 304 Å². The Kier molecular flexibility index (Phi) is 14.0. The Morgan fingerprint density at radius 1 is 0.563 bits per heavy atom. The van der Waals surface area contributed by atoms with E-state index in [9.17, 15) is 0 Å². The van der Waals surface area contributed by atoms with Gasteiger partial charge in [-0.15, -0.1) is 11.8 Å². The van der Waals surface area contributed by atoms with Crippen molar-refractivity contribution in [2.24, 2.45) is 0 Å². The third kappa shape index (κ3) is 9.39. The van der Waals surface area contributed by atoms with Crippen LogP contribution in [0.4, 0.5) is 34.1 Å². The number of para-hydroxylation sites is 6. The molecule has 0 N–H and O–H groups in total. The van der Waals surface area contributed by atoms with Crippen molar-refractivity contribution in [3.05, 3.63) is 260 Å². The molecule has 9 unspecified atom stereocenters. The van der Waals surface area contributed by atoms with E-state index in [0.717, 1.165) is 51.4 Å². The Morgan fingerprint density at radius 2 is 1.24 bits per heavy atom. The summed E-state index contributed by atoms with van der Waals surface area (Å²) in [5.74, 6) is 0.671. The first-order chi connectivity index (χ1) is 43.2. The molecule has 17 rings (SSSR count). The van der Waals surface area contributed by atoms with Crippen LogP contribution in [0.25, 0.3) is 27.5 Å². The highest BCUT2D eigenvalue weighted by atomic mass is 32.2. The van der Waals surface area contributed by atoms with Gasteiger partial charge in [0.05, 0.1) is 16.7 Å². The summed E-state index contributed by atoms with van der Waals surface area (Å²) in [6, 6.07) is 77.8. The SMILES string of the molecule is [B]1c2cc3c(cc2SC2CC(N(c4ccccc4)c4ccccc4)=CC(SC4CC=CCC4)C12)N(c1cccc2c1c1ccccc1n2-c1ccccc1)C1CC(N(c2ccccc2)C2CC=CCC2)CC2C1B3c1ccccc1N2C1=CC=CCC1. The molecule has 1 fully saturated rings. The van der Waals surface area contributed by atoms with Gasteiger partial charge in [0.2, 0.25) is 6.71 Å². The number of aromatic nitrogens is 1. The molecular formula is C78H72B2N5S2. The molecular weight excluding hydrogens is 1090 g/mol. The van der Waals surface area contributed by atoms with Gasteiger partial charge in [-0.25, -0.2) is 0 Å². The fourth-order valence-electron chi connectivity index (χ4n) is 17.2. The summed E-state index contributed by atoms with van der Waals surface area (Å²) in [5, 5.41) is 3.92. The summed E-state index contributed by atoms with van der Waals surface area (Å²) in [7, 11) is 2.78. The normalized spacial score (nSPS) is 25.1. The third-order valence-corrected chi connectivity index (χ3v) is 23.7. The van der Waals surface area contributed by atoms with Gasteiger partial charge in [0.1, 0.15) is 0 Å². The molecule has 8 aromatic carbocycles. The molecule has 1 aromatic heterocycles. The minimum Gasteiger partial charge on any atom is -0.365 e. The first-order valence-corrected chi connectivity index (χ1v) is 34.2. The van der Waals surface area contributed by atoms with Crippen molar-refractivity contribution in [1.29, 1.82) is 0 Å². The molecule has 0 saturated heterocycles. The van der Waals surface area contributed by atoms with Gasteiger partial charge in [0.15, 0.2) is 7.28 Å². The predicted molar refractivity (Wildman–Crippen MR) is 374 cm³/mol. The van der Waals surface area contributed by atoms with Gasteiger partial charge in [0, 0.05) is 101 Å². The molecule has 8 aliphatic rings. The van der Waals surface area contributed by atoms with E-state index in [1.165, 1.54) is 114 Å². The third-order valence-electron chi connectivity index (χ3n) is 20.7. The molecule has 9 atom stereocenters. The summed E-state index contributed by atoms with van der Waals surface area (Å²) in [4.78, 5) is 12.8. The first kappa shape index (κ1) is 53.5. The van der Waals surface area contributed by atoms with E-state index in [1.807, 2.05) is 0 Å². The van der Waals surface area contributed by atoms with E-state index < -0.39 is 0 Å². The lowest BCUT2D eigenvalue weighted by Gasteiger charge is -2.61. The standard InChI is InChI=1S/C78H72B2N5S2/c1-8-27-53(28-9-1)81(54-29-10-2-11-30-54)59-47-71-78-72(48-59)85(69-46-26-45-68-76(69)62-41-22-24-43-66(62)83(68)57-35-16-5-17-36-57)70-52-73-63(51-65(70)80(78)64-42-23-25-44-67(64)84(71)58-37-18-6-19-38-58)79-77-74(86-61-39-20-7-21-40-61)49-60(50-75(77)87-73)82(55-31-12-3-13-32-55)56-33-14-4-15-34-56/h1-10,12-18,20,22-28,31-37,41-46,49,51-52,54,59,61,71-72,74-75,77-78H,11,19,21,29-30,38-40,47-48,50H2. The van der Waals surface area contributed by atoms with Gasteiger partial charge in [-0.05, 0) is 167 Å². The highest BCUT2D eigenvalue weighted by molar-refractivity contribution is 8.01. The van der Waals surface area contributed by atoms with Gasteiger partial charge in [-0.3, -0.25) is 0 Å². The van der Waals surface area contributed by atoms with Crippen LogP contribution in [0, 0.1) is 0 Å². The second kappa shape index (κ2) is 22.8. The Morgan fingerprint density at radius 3 is 1.98 bits per heavy atom. The lowest BCUT2D eigenvalue weighted by atomic mass is 9.26. The fraction of sp³-hybridized carbons (Fsp3) is 0.256. The maximum Gasteiger partial charge on any atom is 0.221 e. The number of allylic oxidation sites excluding steroid dienone is 8. The number of benzene rings is 8. The summed E-state index contributed by atoms with van der Waals surface area (Å²) >= 11 is 4.44. The number of nitrogens with zero attached hydrogens (tertiary/aromatic N) is 5. The Bertz CT molecular complexity index is 4160. The number of fused-ring (bicyclic) bond motifs is 9. The van der Waals surface area contributed by atoms with E-state index in [1.54, 1.807) is 0 Å². The van der Waals surface area contributed by atoms with Crippen molar-refractivity contribution >= 4 is 110 Å². The molecule has 0 spiro atoms. The maximum absolute atomic E-state index is 2.98. The number of hydrogen-bond acceptors (Lipinski definition) is 6. The van der Waals surface area contributed by atoms with Gasteiger partial charge >= 0.3 is 0 Å². The van der Waals surface area contributed by atoms with Gasteiger partial charge in [-0.2, -0.15) is 11.8 Å². The Labute approximate surface area is 523 Å². The maximum atomic E-state index is 2.98. The van der Waals surface area contributed by atoms with Gasteiger partial charge in [0.25, 0.3) is 0 Å². The van der Waals surface area contributed by atoms with Crippen LogP contribution in [0.1, 0.15) is 70.6 Å². The van der Waals surface area contributed by atoms with Crippen molar-refractivity contribution in [3.63, 3.8) is 0 Å². The molecule has 0 amide bonds. The number of rotatable bonds is 11. The molecule has 0 bridgehead atoms. The predicted octanol–water partition coefficient (Wildman–Crippen LogP) is 17.4. The number of thioether (sulfide) groups is 2. The van der Waals surface area contributed by atoms with E-state index in [0.29, 0.717) is 33.4 Å². The number of hydrogen-bond donors (Lipinski definition) is 0. The second-order valence-corrected chi connectivity index (χ2v) is 28.3. The van der Waals surface area contributed by atoms with Crippen molar-refractivity contribution in [2.75, 3.05) is 19.6 Å². The molecule has 87 heavy (non-hydrogen) atoms. The molecule has 4 heterocycles. The summed E-state index contributed by atoms with van der Waals surface area (Å²) in [6.07, 6.45) is 31.8. The van der Waals surface area contributed by atoms with Crippen LogP contribution in [0.15, 0.2) is 265 Å². The van der Waals surface area contributed by atoms with Crippen LogP contribution < -0.4 is 36.0 Å². The average molecular weight is 1170 g/mol. The van der Waals surface area contributed by atoms with Crippen LogP contribution in [0.5, 0.6) is 0 Å².